The first-order valence-electron chi connectivity index (χ1n) is 7.25. The van der Waals surface area contributed by atoms with E-state index in [-0.39, 0.29) is 5.41 Å². The molecule has 2 nitrogen and oxygen atoms in total. The molecule has 1 N–H and O–H groups in total. The third-order valence-corrected chi connectivity index (χ3v) is 5.32. The van der Waals surface area contributed by atoms with Crippen LogP contribution in [0.25, 0.3) is 0 Å². The van der Waals surface area contributed by atoms with Crippen molar-refractivity contribution in [1.29, 1.82) is 0 Å². The number of allylic oxidation sites excluding steroid dienone is 2. The van der Waals surface area contributed by atoms with Crippen molar-refractivity contribution in [3.8, 4) is 5.75 Å². The third-order valence-electron chi connectivity index (χ3n) is 5.32. The highest BCUT2D eigenvalue weighted by atomic mass is 16.3. The van der Waals surface area contributed by atoms with Crippen LogP contribution in [0.15, 0.2) is 29.8 Å². The van der Waals surface area contributed by atoms with Crippen molar-refractivity contribution in [2.24, 2.45) is 11.8 Å². The fourth-order valence-corrected chi connectivity index (χ4v) is 4.70. The molecule has 4 rings (SSSR count). The molecule has 0 aromatic heterocycles. The van der Waals surface area contributed by atoms with Crippen LogP contribution in [0.5, 0.6) is 5.75 Å². The van der Waals surface area contributed by atoms with E-state index in [9.17, 15) is 9.90 Å². The molecule has 1 saturated carbocycles. The Morgan fingerprint density at radius 3 is 3.00 bits per heavy atom. The number of ketones is 1. The van der Waals surface area contributed by atoms with E-state index in [2.05, 4.69) is 13.0 Å². The predicted octanol–water partition coefficient (Wildman–Crippen LogP) is 3.13. The molecular formula is C17H18O2. The Kier molecular flexibility index (Phi) is 2.08. The molecule has 1 aromatic carbocycles. The van der Waals surface area contributed by atoms with Crippen molar-refractivity contribution in [2.75, 3.05) is 0 Å². The van der Waals surface area contributed by atoms with Crippen molar-refractivity contribution in [1.82, 2.24) is 0 Å². The van der Waals surface area contributed by atoms with Gasteiger partial charge in [0.2, 0.25) is 0 Å². The maximum absolute atomic E-state index is 11.9. The summed E-state index contributed by atoms with van der Waals surface area (Å²) in [4.78, 5) is 11.9. The summed E-state index contributed by atoms with van der Waals surface area (Å²) >= 11 is 0. The van der Waals surface area contributed by atoms with E-state index in [1.54, 1.807) is 6.07 Å². The number of carbonyl (C=O) groups is 1. The normalized spacial score (nSPS) is 34.4. The minimum Gasteiger partial charge on any atom is -0.508 e. The third kappa shape index (κ3) is 1.24. The van der Waals surface area contributed by atoms with Crippen LogP contribution in [-0.2, 0) is 16.6 Å². The second kappa shape index (κ2) is 3.50. The van der Waals surface area contributed by atoms with Gasteiger partial charge in [0.25, 0.3) is 0 Å². The molecule has 3 unspecified atom stereocenters. The van der Waals surface area contributed by atoms with Crippen molar-refractivity contribution in [3.05, 3.63) is 41.0 Å². The molecule has 3 aliphatic rings. The van der Waals surface area contributed by atoms with Gasteiger partial charge in [-0.25, -0.2) is 0 Å². The Morgan fingerprint density at radius 1 is 1.37 bits per heavy atom. The van der Waals surface area contributed by atoms with Crippen LogP contribution >= 0.6 is 0 Å². The highest BCUT2D eigenvalue weighted by Gasteiger charge is 2.69. The lowest BCUT2D eigenvalue weighted by molar-refractivity contribution is -0.116. The number of hydrogen-bond donors (Lipinski definition) is 1. The molecule has 2 heteroatoms. The molecule has 98 valence electrons. The lowest BCUT2D eigenvalue weighted by Gasteiger charge is -2.28. The number of aromatic hydroxyl groups is 1. The fourth-order valence-electron chi connectivity index (χ4n) is 4.70. The van der Waals surface area contributed by atoms with Crippen molar-refractivity contribution < 1.29 is 9.90 Å². The Hall–Kier alpha value is -1.57. The van der Waals surface area contributed by atoms with Gasteiger partial charge < -0.3 is 5.11 Å². The van der Waals surface area contributed by atoms with Gasteiger partial charge in [-0.1, -0.05) is 25.0 Å². The molecule has 0 aliphatic heterocycles. The van der Waals surface area contributed by atoms with Gasteiger partial charge in [0.1, 0.15) is 5.75 Å². The van der Waals surface area contributed by atoms with Crippen LogP contribution < -0.4 is 0 Å². The highest BCUT2D eigenvalue weighted by Crippen LogP contribution is 2.72. The van der Waals surface area contributed by atoms with Gasteiger partial charge in [-0.2, -0.15) is 0 Å². The summed E-state index contributed by atoms with van der Waals surface area (Å²) in [6.07, 6.45) is 5.87. The molecule has 19 heavy (non-hydrogen) atoms. The Labute approximate surface area is 113 Å². The predicted molar refractivity (Wildman–Crippen MR) is 73.1 cm³/mol. The lowest BCUT2D eigenvalue weighted by Crippen LogP contribution is -2.26. The van der Waals surface area contributed by atoms with Gasteiger partial charge in [0, 0.05) is 11.8 Å². The van der Waals surface area contributed by atoms with E-state index in [0.717, 1.165) is 19.3 Å². The van der Waals surface area contributed by atoms with E-state index in [1.165, 1.54) is 16.7 Å². The van der Waals surface area contributed by atoms with E-state index >= 15 is 0 Å². The minimum atomic E-state index is 0.160. The first kappa shape index (κ1) is 11.3. The number of hydrogen-bond acceptors (Lipinski definition) is 2. The molecule has 0 amide bonds. The van der Waals surface area contributed by atoms with E-state index < -0.39 is 0 Å². The van der Waals surface area contributed by atoms with Crippen LogP contribution in [0.2, 0.25) is 0 Å². The molecule has 3 aliphatic carbocycles. The highest BCUT2D eigenvalue weighted by molar-refractivity contribution is 5.95. The average molecular weight is 254 g/mol. The summed E-state index contributed by atoms with van der Waals surface area (Å²) in [6.45, 7) is 2.20. The molecule has 0 saturated heterocycles. The minimum absolute atomic E-state index is 0.160. The van der Waals surface area contributed by atoms with Crippen molar-refractivity contribution in [3.63, 3.8) is 0 Å². The zero-order valence-electron chi connectivity index (χ0n) is 11.1. The number of phenols is 1. The standard InChI is InChI=1S/C17H18O2/c1-2-3-11-8-13(19)9-16-15-7-10-6-12(18)4-5-14(10)17(11,15)16/h4-6,9,11,15,18H,2-3,7-8H2,1H3. The maximum Gasteiger partial charge on any atom is 0.156 e. The zero-order valence-corrected chi connectivity index (χ0v) is 11.1. The summed E-state index contributed by atoms with van der Waals surface area (Å²) < 4.78 is 0. The van der Waals surface area contributed by atoms with Gasteiger partial charge in [0.15, 0.2) is 5.78 Å². The van der Waals surface area contributed by atoms with E-state index in [4.69, 9.17) is 0 Å². The fraction of sp³-hybridized carbons (Fsp3) is 0.471. The quantitative estimate of drug-likeness (QED) is 0.880. The maximum atomic E-state index is 11.9. The van der Waals surface area contributed by atoms with Crippen molar-refractivity contribution in [2.45, 2.75) is 38.0 Å². The van der Waals surface area contributed by atoms with Crippen molar-refractivity contribution >= 4 is 5.78 Å². The van der Waals surface area contributed by atoms with Gasteiger partial charge in [-0.15, -0.1) is 0 Å². The molecule has 1 fully saturated rings. The molecular weight excluding hydrogens is 236 g/mol. The van der Waals surface area contributed by atoms with E-state index in [1.807, 2.05) is 12.1 Å². The van der Waals surface area contributed by atoms with Gasteiger partial charge in [-0.3, -0.25) is 4.79 Å². The number of phenolic OH excluding ortho intramolecular Hbond substituents is 1. The topological polar surface area (TPSA) is 37.3 Å². The molecule has 0 radical (unpaired) electrons. The summed E-state index contributed by atoms with van der Waals surface area (Å²) in [7, 11) is 0. The van der Waals surface area contributed by atoms with Crippen LogP contribution in [0.3, 0.4) is 0 Å². The van der Waals surface area contributed by atoms with E-state index in [0.29, 0.717) is 29.8 Å². The Morgan fingerprint density at radius 2 is 2.21 bits per heavy atom. The first-order valence-corrected chi connectivity index (χ1v) is 7.25. The molecule has 3 atom stereocenters. The molecule has 0 bridgehead atoms. The van der Waals surface area contributed by atoms with Crippen LogP contribution in [0.1, 0.15) is 37.3 Å². The molecule has 1 aromatic rings. The Bertz CT molecular complexity index is 614. The number of carbonyl (C=O) groups excluding carboxylic acids is 1. The summed E-state index contributed by atoms with van der Waals surface area (Å²) in [5.74, 6) is 1.68. The largest absolute Gasteiger partial charge is 0.508 e. The summed E-state index contributed by atoms with van der Waals surface area (Å²) in [6, 6.07) is 5.79. The second-order valence-corrected chi connectivity index (χ2v) is 6.22. The number of benzene rings is 1. The number of rotatable bonds is 2. The molecule has 1 spiro atoms. The van der Waals surface area contributed by atoms with Crippen LogP contribution in [-0.4, -0.2) is 10.9 Å². The monoisotopic (exact) mass is 254 g/mol. The Balaban J connectivity index is 1.86. The van der Waals surface area contributed by atoms with Crippen LogP contribution in [0, 0.1) is 11.8 Å². The van der Waals surface area contributed by atoms with Gasteiger partial charge in [0.05, 0.1) is 0 Å². The summed E-state index contributed by atoms with van der Waals surface area (Å²) in [5, 5.41) is 9.63. The SMILES string of the molecule is CCCC1CC(=O)C=C2C3Cc4cc(O)ccc4C213. The molecule has 0 heterocycles. The number of fused-ring (bicyclic) bond motifs is 2. The first-order chi connectivity index (χ1) is 9.17. The van der Waals surface area contributed by atoms with Crippen LogP contribution in [0.4, 0.5) is 0 Å². The van der Waals surface area contributed by atoms with Gasteiger partial charge in [-0.05, 0) is 54.0 Å². The zero-order chi connectivity index (χ0) is 13.2. The smallest absolute Gasteiger partial charge is 0.156 e. The average Bonchev–Trinajstić information content (AvgIpc) is 2.87. The second-order valence-electron chi connectivity index (χ2n) is 6.22. The lowest BCUT2D eigenvalue weighted by atomic mass is 9.74. The van der Waals surface area contributed by atoms with Gasteiger partial charge >= 0.3 is 0 Å². The summed E-state index contributed by atoms with van der Waals surface area (Å²) in [5.41, 5.74) is 4.21.